The number of rotatable bonds is 2. The standard InChI is InChI=1S/C11H23N/c1-8(2)11-6-7-12(9(3)4)10(11)5/h8-11H,6-7H2,1-5H3/t10-,11?/m0/s1. The smallest absolute Gasteiger partial charge is 0.0101 e. The Morgan fingerprint density at radius 2 is 1.75 bits per heavy atom. The molecule has 0 spiro atoms. The molecule has 1 aliphatic rings. The Bertz CT molecular complexity index is 124. The van der Waals surface area contributed by atoms with E-state index in [1.165, 1.54) is 13.0 Å². The van der Waals surface area contributed by atoms with Crippen molar-refractivity contribution < 1.29 is 0 Å². The van der Waals surface area contributed by atoms with Gasteiger partial charge in [-0.05, 0) is 45.6 Å². The molecule has 72 valence electrons. The zero-order valence-corrected chi connectivity index (χ0v) is 9.17. The molecule has 0 aromatic carbocycles. The lowest BCUT2D eigenvalue weighted by atomic mass is 9.89. The van der Waals surface area contributed by atoms with Gasteiger partial charge in [0.15, 0.2) is 0 Å². The van der Waals surface area contributed by atoms with Crippen LogP contribution in [0, 0.1) is 11.8 Å². The average molecular weight is 169 g/mol. The molecule has 1 rings (SSSR count). The van der Waals surface area contributed by atoms with E-state index in [0.29, 0.717) is 0 Å². The summed E-state index contributed by atoms with van der Waals surface area (Å²) in [5.74, 6) is 1.77. The molecule has 1 heteroatoms. The van der Waals surface area contributed by atoms with Crippen molar-refractivity contribution in [2.75, 3.05) is 6.54 Å². The third kappa shape index (κ3) is 1.82. The quantitative estimate of drug-likeness (QED) is 0.614. The first kappa shape index (κ1) is 10.0. The Morgan fingerprint density at radius 1 is 1.17 bits per heavy atom. The van der Waals surface area contributed by atoms with Crippen molar-refractivity contribution in [3.8, 4) is 0 Å². The average Bonchev–Trinajstić information content (AvgIpc) is 2.30. The second-order valence-electron chi connectivity index (χ2n) is 4.77. The largest absolute Gasteiger partial charge is 0.298 e. The second-order valence-corrected chi connectivity index (χ2v) is 4.77. The molecule has 1 unspecified atom stereocenters. The fourth-order valence-electron chi connectivity index (χ4n) is 2.61. The van der Waals surface area contributed by atoms with Crippen LogP contribution in [0.4, 0.5) is 0 Å². The van der Waals surface area contributed by atoms with E-state index >= 15 is 0 Å². The van der Waals surface area contributed by atoms with E-state index in [1.807, 2.05) is 0 Å². The summed E-state index contributed by atoms with van der Waals surface area (Å²) in [5, 5.41) is 0. The molecule has 1 aliphatic heterocycles. The van der Waals surface area contributed by atoms with Gasteiger partial charge in [0.05, 0.1) is 0 Å². The van der Waals surface area contributed by atoms with Crippen LogP contribution in [0.3, 0.4) is 0 Å². The van der Waals surface area contributed by atoms with Gasteiger partial charge in [-0.2, -0.15) is 0 Å². The Balaban J connectivity index is 2.55. The highest BCUT2D eigenvalue weighted by Gasteiger charge is 2.33. The van der Waals surface area contributed by atoms with Crippen LogP contribution in [-0.2, 0) is 0 Å². The summed E-state index contributed by atoms with van der Waals surface area (Å²) in [5.41, 5.74) is 0. The maximum atomic E-state index is 2.63. The molecular weight excluding hydrogens is 146 g/mol. The summed E-state index contributed by atoms with van der Waals surface area (Å²) in [6.07, 6.45) is 1.40. The second kappa shape index (κ2) is 3.78. The highest BCUT2D eigenvalue weighted by molar-refractivity contribution is 4.86. The van der Waals surface area contributed by atoms with Crippen molar-refractivity contribution in [2.45, 2.75) is 53.1 Å². The third-order valence-corrected chi connectivity index (χ3v) is 3.38. The maximum absolute atomic E-state index is 2.63. The van der Waals surface area contributed by atoms with Crippen LogP contribution >= 0.6 is 0 Å². The molecule has 12 heavy (non-hydrogen) atoms. The Hall–Kier alpha value is -0.0400. The normalized spacial score (nSPS) is 32.2. The lowest BCUT2D eigenvalue weighted by Gasteiger charge is -2.29. The molecule has 0 saturated carbocycles. The number of likely N-dealkylation sites (tertiary alicyclic amines) is 1. The summed E-state index contributed by atoms with van der Waals surface area (Å²) in [6, 6.07) is 1.52. The summed E-state index contributed by atoms with van der Waals surface area (Å²) < 4.78 is 0. The van der Waals surface area contributed by atoms with E-state index in [4.69, 9.17) is 0 Å². The van der Waals surface area contributed by atoms with Crippen LogP contribution in [0.1, 0.15) is 41.0 Å². The first-order chi connectivity index (χ1) is 5.54. The fraction of sp³-hybridized carbons (Fsp3) is 1.00. The monoisotopic (exact) mass is 169 g/mol. The molecule has 0 bridgehead atoms. The molecule has 2 atom stereocenters. The summed E-state index contributed by atoms with van der Waals surface area (Å²) in [4.78, 5) is 2.63. The van der Waals surface area contributed by atoms with Crippen molar-refractivity contribution in [1.29, 1.82) is 0 Å². The zero-order chi connectivity index (χ0) is 9.30. The minimum absolute atomic E-state index is 0.726. The van der Waals surface area contributed by atoms with Crippen LogP contribution in [0.5, 0.6) is 0 Å². The lowest BCUT2D eigenvalue weighted by molar-refractivity contribution is 0.179. The van der Waals surface area contributed by atoms with Crippen LogP contribution in [0.2, 0.25) is 0 Å². The van der Waals surface area contributed by atoms with E-state index in [1.54, 1.807) is 0 Å². The van der Waals surface area contributed by atoms with Gasteiger partial charge in [0.2, 0.25) is 0 Å². The van der Waals surface area contributed by atoms with Crippen LogP contribution in [0.25, 0.3) is 0 Å². The molecule has 1 heterocycles. The van der Waals surface area contributed by atoms with Crippen LogP contribution in [-0.4, -0.2) is 23.5 Å². The van der Waals surface area contributed by atoms with Crippen molar-refractivity contribution in [1.82, 2.24) is 4.90 Å². The highest BCUT2D eigenvalue weighted by Crippen LogP contribution is 2.31. The lowest BCUT2D eigenvalue weighted by Crippen LogP contribution is -2.36. The van der Waals surface area contributed by atoms with Gasteiger partial charge in [0.25, 0.3) is 0 Å². The molecule has 0 aromatic rings. The SMILES string of the molecule is CC(C)C1CCN(C(C)C)[C@H]1C. The van der Waals surface area contributed by atoms with E-state index in [-0.39, 0.29) is 0 Å². The molecule has 0 radical (unpaired) electrons. The molecule has 1 saturated heterocycles. The van der Waals surface area contributed by atoms with Crippen LogP contribution < -0.4 is 0 Å². The Kier molecular flexibility index (Phi) is 3.16. The van der Waals surface area contributed by atoms with Gasteiger partial charge in [-0.1, -0.05) is 13.8 Å². The predicted molar refractivity (Wildman–Crippen MR) is 54.2 cm³/mol. The summed E-state index contributed by atoms with van der Waals surface area (Å²) in [6.45, 7) is 13.0. The van der Waals surface area contributed by atoms with Gasteiger partial charge in [-0.15, -0.1) is 0 Å². The summed E-state index contributed by atoms with van der Waals surface area (Å²) >= 11 is 0. The van der Waals surface area contributed by atoms with E-state index < -0.39 is 0 Å². The molecule has 0 aromatic heterocycles. The van der Waals surface area contributed by atoms with Gasteiger partial charge < -0.3 is 0 Å². The number of hydrogen-bond acceptors (Lipinski definition) is 1. The molecule has 0 amide bonds. The van der Waals surface area contributed by atoms with Crippen molar-refractivity contribution in [3.63, 3.8) is 0 Å². The topological polar surface area (TPSA) is 3.24 Å². The Labute approximate surface area is 77.1 Å². The third-order valence-electron chi connectivity index (χ3n) is 3.38. The maximum Gasteiger partial charge on any atom is 0.0101 e. The number of hydrogen-bond donors (Lipinski definition) is 0. The van der Waals surface area contributed by atoms with Crippen LogP contribution in [0.15, 0.2) is 0 Å². The van der Waals surface area contributed by atoms with Crippen molar-refractivity contribution in [3.05, 3.63) is 0 Å². The van der Waals surface area contributed by atoms with E-state index in [0.717, 1.165) is 23.9 Å². The molecule has 0 aliphatic carbocycles. The van der Waals surface area contributed by atoms with Gasteiger partial charge in [-0.3, -0.25) is 4.90 Å². The Morgan fingerprint density at radius 3 is 2.00 bits per heavy atom. The van der Waals surface area contributed by atoms with Gasteiger partial charge in [0.1, 0.15) is 0 Å². The summed E-state index contributed by atoms with van der Waals surface area (Å²) in [7, 11) is 0. The first-order valence-corrected chi connectivity index (χ1v) is 5.29. The van der Waals surface area contributed by atoms with Gasteiger partial charge >= 0.3 is 0 Å². The van der Waals surface area contributed by atoms with E-state index in [2.05, 4.69) is 39.5 Å². The minimum Gasteiger partial charge on any atom is -0.298 e. The first-order valence-electron chi connectivity index (χ1n) is 5.29. The predicted octanol–water partition coefficient (Wildman–Crippen LogP) is 2.76. The number of nitrogens with zero attached hydrogens (tertiary/aromatic N) is 1. The zero-order valence-electron chi connectivity index (χ0n) is 9.17. The van der Waals surface area contributed by atoms with E-state index in [9.17, 15) is 0 Å². The molecule has 0 N–H and O–H groups in total. The molecular formula is C11H23N. The molecule has 1 nitrogen and oxygen atoms in total. The van der Waals surface area contributed by atoms with Crippen molar-refractivity contribution in [2.24, 2.45) is 11.8 Å². The van der Waals surface area contributed by atoms with Gasteiger partial charge in [0, 0.05) is 12.1 Å². The highest BCUT2D eigenvalue weighted by atomic mass is 15.2. The van der Waals surface area contributed by atoms with Gasteiger partial charge in [-0.25, -0.2) is 0 Å². The fourth-order valence-corrected chi connectivity index (χ4v) is 2.61. The van der Waals surface area contributed by atoms with Crippen molar-refractivity contribution >= 4 is 0 Å². The molecule has 1 fully saturated rings. The minimum atomic E-state index is 0.726.